The Morgan fingerprint density at radius 1 is 1.20 bits per heavy atom. The van der Waals surface area contributed by atoms with Crippen molar-refractivity contribution in [3.63, 3.8) is 0 Å². The summed E-state index contributed by atoms with van der Waals surface area (Å²) in [5.41, 5.74) is 1.69. The molecule has 1 fully saturated rings. The Kier molecular flexibility index (Phi) is 4.01. The molecule has 1 aliphatic carbocycles. The van der Waals surface area contributed by atoms with Crippen LogP contribution in [-0.2, 0) is 9.53 Å². The number of rotatable bonds is 5. The Hall–Kier alpha value is -2.67. The fraction of sp³-hybridized carbons (Fsp3) is 0.278. The number of amides is 2. The summed E-state index contributed by atoms with van der Waals surface area (Å²) >= 11 is 1.30. The second-order valence-electron chi connectivity index (χ2n) is 6.14. The molecule has 2 aliphatic rings. The summed E-state index contributed by atoms with van der Waals surface area (Å²) in [4.78, 5) is 36.4. The van der Waals surface area contributed by atoms with Crippen LogP contribution in [-0.4, -0.2) is 23.8 Å². The van der Waals surface area contributed by atoms with Crippen LogP contribution in [0.1, 0.15) is 51.6 Å². The van der Waals surface area contributed by atoms with Crippen molar-refractivity contribution in [2.45, 2.75) is 31.4 Å². The molecule has 2 heterocycles. The van der Waals surface area contributed by atoms with Crippen LogP contribution in [0, 0.1) is 0 Å². The number of anilines is 1. The first-order valence-electron chi connectivity index (χ1n) is 8.10. The lowest BCUT2D eigenvalue weighted by Crippen LogP contribution is -2.26. The summed E-state index contributed by atoms with van der Waals surface area (Å²) < 4.78 is 5.28. The number of benzene rings is 1. The van der Waals surface area contributed by atoms with E-state index in [1.54, 1.807) is 29.6 Å². The highest BCUT2D eigenvalue weighted by Gasteiger charge is 2.32. The van der Waals surface area contributed by atoms with Crippen molar-refractivity contribution in [1.29, 1.82) is 0 Å². The molecule has 0 radical (unpaired) electrons. The molecule has 0 unspecified atom stereocenters. The summed E-state index contributed by atoms with van der Waals surface area (Å²) in [5.74, 6) is -0.872. The zero-order valence-corrected chi connectivity index (χ0v) is 14.1. The van der Waals surface area contributed by atoms with Crippen LogP contribution in [0.15, 0.2) is 35.7 Å². The molecule has 25 heavy (non-hydrogen) atoms. The highest BCUT2D eigenvalue weighted by Crippen LogP contribution is 2.33. The Balaban J connectivity index is 1.43. The maximum absolute atomic E-state index is 12.4. The van der Waals surface area contributed by atoms with Crippen molar-refractivity contribution in [3.8, 4) is 0 Å². The largest absolute Gasteiger partial charge is 0.453 e. The highest BCUT2D eigenvalue weighted by molar-refractivity contribution is 7.14. The summed E-state index contributed by atoms with van der Waals surface area (Å²) in [5, 5.41) is 7.95. The van der Waals surface area contributed by atoms with E-state index in [4.69, 9.17) is 4.74 Å². The van der Waals surface area contributed by atoms with Gasteiger partial charge >= 0.3 is 5.97 Å². The number of cyclic esters (lactones) is 1. The van der Waals surface area contributed by atoms with E-state index in [9.17, 15) is 14.4 Å². The van der Waals surface area contributed by atoms with Gasteiger partial charge in [0.15, 0.2) is 0 Å². The van der Waals surface area contributed by atoms with Gasteiger partial charge in [-0.1, -0.05) is 18.2 Å². The van der Waals surface area contributed by atoms with Crippen molar-refractivity contribution >= 4 is 34.1 Å². The molecule has 1 aromatic carbocycles. The van der Waals surface area contributed by atoms with E-state index >= 15 is 0 Å². The Morgan fingerprint density at radius 3 is 2.80 bits per heavy atom. The second kappa shape index (κ2) is 6.33. The number of ether oxygens (including phenoxy) is 1. The van der Waals surface area contributed by atoms with Gasteiger partial charge in [0.1, 0.15) is 11.1 Å². The summed E-state index contributed by atoms with van der Waals surface area (Å²) in [7, 11) is 0. The standard InChI is InChI=1S/C18H16N2O4S/c21-15(9-14-11-3-1-2-4-12(11)18(23)24-14)20-17-13(7-8-25-17)16(22)19-10-5-6-10/h1-4,7-8,10,14H,5-6,9H2,(H,19,22)(H,20,21)/t14-/m0/s1. The zero-order chi connectivity index (χ0) is 17.4. The van der Waals surface area contributed by atoms with Crippen LogP contribution in [0.4, 0.5) is 5.00 Å². The maximum Gasteiger partial charge on any atom is 0.339 e. The first kappa shape index (κ1) is 15.8. The number of fused-ring (bicyclic) bond motifs is 1. The van der Waals surface area contributed by atoms with Gasteiger partial charge in [-0.15, -0.1) is 11.3 Å². The molecule has 0 bridgehead atoms. The van der Waals surface area contributed by atoms with Gasteiger partial charge in [0.05, 0.1) is 17.5 Å². The first-order chi connectivity index (χ1) is 12.1. The molecule has 1 aromatic heterocycles. The Labute approximate surface area is 148 Å². The summed E-state index contributed by atoms with van der Waals surface area (Å²) in [6.07, 6.45) is 1.44. The van der Waals surface area contributed by atoms with Crippen molar-refractivity contribution in [1.82, 2.24) is 5.32 Å². The van der Waals surface area contributed by atoms with Gasteiger partial charge in [0.25, 0.3) is 5.91 Å². The lowest BCUT2D eigenvalue weighted by molar-refractivity contribution is -0.118. The molecule has 4 rings (SSSR count). The molecule has 6 nitrogen and oxygen atoms in total. The van der Waals surface area contributed by atoms with Crippen molar-refractivity contribution < 1.29 is 19.1 Å². The molecule has 0 saturated heterocycles. The zero-order valence-electron chi connectivity index (χ0n) is 13.3. The minimum atomic E-state index is -0.590. The van der Waals surface area contributed by atoms with Gasteiger partial charge in [-0.3, -0.25) is 9.59 Å². The number of hydrogen-bond donors (Lipinski definition) is 2. The lowest BCUT2D eigenvalue weighted by Gasteiger charge is -2.11. The van der Waals surface area contributed by atoms with Crippen LogP contribution in [0.3, 0.4) is 0 Å². The van der Waals surface area contributed by atoms with Crippen LogP contribution in [0.2, 0.25) is 0 Å². The number of thiophene rings is 1. The molecule has 1 aliphatic heterocycles. The molecule has 2 aromatic rings. The average molecular weight is 356 g/mol. The van der Waals surface area contributed by atoms with E-state index in [0.29, 0.717) is 16.1 Å². The van der Waals surface area contributed by atoms with Gasteiger partial charge in [-0.25, -0.2) is 4.79 Å². The minimum Gasteiger partial charge on any atom is -0.453 e. The molecule has 128 valence electrons. The first-order valence-corrected chi connectivity index (χ1v) is 8.98. The Bertz CT molecular complexity index is 856. The fourth-order valence-corrected chi connectivity index (χ4v) is 3.59. The fourth-order valence-electron chi connectivity index (χ4n) is 2.79. The van der Waals surface area contributed by atoms with E-state index < -0.39 is 12.1 Å². The van der Waals surface area contributed by atoms with E-state index in [1.165, 1.54) is 11.3 Å². The van der Waals surface area contributed by atoms with Gasteiger partial charge in [-0.2, -0.15) is 0 Å². The predicted octanol–water partition coefficient (Wildman–Crippen LogP) is 2.88. The van der Waals surface area contributed by atoms with Crippen LogP contribution in [0.5, 0.6) is 0 Å². The lowest BCUT2D eigenvalue weighted by atomic mass is 10.0. The van der Waals surface area contributed by atoms with Gasteiger partial charge in [0, 0.05) is 11.6 Å². The van der Waals surface area contributed by atoms with Gasteiger partial charge in [-0.05, 0) is 30.4 Å². The molecule has 2 amide bonds. The molecule has 1 saturated carbocycles. The predicted molar refractivity (Wildman–Crippen MR) is 92.7 cm³/mol. The minimum absolute atomic E-state index is 0.0182. The smallest absolute Gasteiger partial charge is 0.339 e. The van der Waals surface area contributed by atoms with Crippen LogP contribution in [0.25, 0.3) is 0 Å². The summed E-state index contributed by atoms with van der Waals surface area (Å²) in [6, 6.07) is 9.01. The van der Waals surface area contributed by atoms with Crippen molar-refractivity contribution in [2.75, 3.05) is 5.32 Å². The van der Waals surface area contributed by atoms with E-state index in [0.717, 1.165) is 18.4 Å². The third kappa shape index (κ3) is 3.28. The highest BCUT2D eigenvalue weighted by atomic mass is 32.1. The van der Waals surface area contributed by atoms with E-state index in [-0.39, 0.29) is 24.3 Å². The normalized spacial score (nSPS) is 18.4. The van der Waals surface area contributed by atoms with Crippen LogP contribution >= 0.6 is 11.3 Å². The SMILES string of the molecule is O=C(C[C@@H]1OC(=O)c2ccccc21)Nc1sccc1C(=O)NC1CC1. The molecule has 0 spiro atoms. The molecular formula is C18H16N2O4S. The van der Waals surface area contributed by atoms with Crippen LogP contribution < -0.4 is 10.6 Å². The summed E-state index contributed by atoms with van der Waals surface area (Å²) in [6.45, 7) is 0. The third-order valence-corrected chi connectivity index (χ3v) is 5.05. The topological polar surface area (TPSA) is 84.5 Å². The monoisotopic (exact) mass is 356 g/mol. The molecule has 2 N–H and O–H groups in total. The number of esters is 1. The van der Waals surface area contributed by atoms with E-state index in [1.807, 2.05) is 6.07 Å². The van der Waals surface area contributed by atoms with Crippen molar-refractivity contribution in [2.24, 2.45) is 0 Å². The molecule has 7 heteroatoms. The average Bonchev–Trinajstić information content (AvgIpc) is 3.19. The Morgan fingerprint density at radius 2 is 2.00 bits per heavy atom. The quantitative estimate of drug-likeness (QED) is 0.807. The molecule has 1 atom stereocenters. The van der Waals surface area contributed by atoms with E-state index in [2.05, 4.69) is 10.6 Å². The second-order valence-corrected chi connectivity index (χ2v) is 7.06. The molecular weight excluding hydrogens is 340 g/mol. The van der Waals surface area contributed by atoms with Crippen molar-refractivity contribution in [3.05, 3.63) is 52.4 Å². The number of nitrogens with one attached hydrogen (secondary N) is 2. The number of hydrogen-bond acceptors (Lipinski definition) is 5. The maximum atomic E-state index is 12.4. The van der Waals surface area contributed by atoms with Gasteiger partial charge in [0.2, 0.25) is 5.91 Å². The third-order valence-electron chi connectivity index (χ3n) is 4.22. The number of carbonyl (C=O) groups is 3. The number of carbonyl (C=O) groups excluding carboxylic acids is 3. The van der Waals surface area contributed by atoms with Gasteiger partial charge < -0.3 is 15.4 Å².